The predicted octanol–water partition coefficient (Wildman–Crippen LogP) is -0.165. The Labute approximate surface area is 89.5 Å². The molecule has 16 heavy (non-hydrogen) atoms. The van der Waals surface area contributed by atoms with E-state index in [4.69, 9.17) is 10.8 Å². The number of carboxylic acids is 1. The van der Waals surface area contributed by atoms with E-state index in [0.717, 1.165) is 0 Å². The number of fused-ring (bicyclic) bond motifs is 1. The van der Waals surface area contributed by atoms with Gasteiger partial charge < -0.3 is 10.8 Å². The second kappa shape index (κ2) is 3.30. The number of nitrogens with two attached hydrogens (primary N) is 1. The molecule has 82 valence electrons. The van der Waals surface area contributed by atoms with Gasteiger partial charge in [0, 0.05) is 6.20 Å². The highest BCUT2D eigenvalue weighted by Crippen LogP contribution is 2.11. The van der Waals surface area contributed by atoms with Gasteiger partial charge in [-0.25, -0.2) is 14.3 Å². The minimum atomic E-state index is -1.09. The molecule has 0 saturated carbocycles. The number of carboxylic acid groups (broad SMARTS) is 1. The van der Waals surface area contributed by atoms with E-state index in [1.54, 1.807) is 6.92 Å². The van der Waals surface area contributed by atoms with Gasteiger partial charge in [0.1, 0.15) is 5.56 Å². The summed E-state index contributed by atoms with van der Waals surface area (Å²) < 4.78 is 1.22. The van der Waals surface area contributed by atoms with E-state index in [9.17, 15) is 9.59 Å². The topological polar surface area (TPSA) is 111 Å². The largest absolute Gasteiger partial charge is 0.478 e. The third kappa shape index (κ3) is 1.38. The summed E-state index contributed by atoms with van der Waals surface area (Å²) >= 11 is 0. The molecule has 7 nitrogen and oxygen atoms in total. The first-order valence-electron chi connectivity index (χ1n) is 4.39. The quantitative estimate of drug-likeness (QED) is 0.730. The highest BCUT2D eigenvalue weighted by Gasteiger charge is 2.15. The lowest BCUT2D eigenvalue weighted by Gasteiger charge is -2.01. The molecule has 0 aliphatic rings. The number of amides is 1. The molecule has 1 amide bonds. The fourth-order valence-corrected chi connectivity index (χ4v) is 1.38. The predicted molar refractivity (Wildman–Crippen MR) is 53.2 cm³/mol. The highest BCUT2D eigenvalue weighted by atomic mass is 16.4. The molecule has 0 saturated heterocycles. The molecule has 0 radical (unpaired) electrons. The second-order valence-corrected chi connectivity index (χ2v) is 3.24. The second-order valence-electron chi connectivity index (χ2n) is 3.24. The van der Waals surface area contributed by atoms with Crippen LogP contribution in [0.15, 0.2) is 12.4 Å². The van der Waals surface area contributed by atoms with Gasteiger partial charge in [-0.1, -0.05) is 0 Å². The Morgan fingerprint density at radius 3 is 2.69 bits per heavy atom. The van der Waals surface area contributed by atoms with Crippen molar-refractivity contribution >= 4 is 17.5 Å². The Kier molecular flexibility index (Phi) is 2.08. The minimum absolute atomic E-state index is 0.0339. The Hall–Kier alpha value is -2.44. The minimum Gasteiger partial charge on any atom is -0.478 e. The maximum Gasteiger partial charge on any atom is 0.339 e. The molecule has 2 heterocycles. The zero-order valence-electron chi connectivity index (χ0n) is 8.34. The number of nitrogens with zero attached hydrogens (tertiary/aromatic N) is 3. The average Bonchev–Trinajstić information content (AvgIpc) is 2.58. The summed E-state index contributed by atoms with van der Waals surface area (Å²) in [5.74, 6) is -1.74. The van der Waals surface area contributed by atoms with Crippen molar-refractivity contribution in [3.05, 3.63) is 29.2 Å². The first-order chi connectivity index (χ1) is 7.50. The van der Waals surface area contributed by atoms with Crippen molar-refractivity contribution < 1.29 is 14.7 Å². The van der Waals surface area contributed by atoms with Gasteiger partial charge in [-0.3, -0.25) is 4.79 Å². The maximum atomic E-state index is 11.0. The average molecular weight is 220 g/mol. The normalized spacial score (nSPS) is 10.6. The van der Waals surface area contributed by atoms with Crippen LogP contribution in [0.1, 0.15) is 26.4 Å². The number of aromatic carboxylic acids is 1. The zero-order chi connectivity index (χ0) is 11.9. The van der Waals surface area contributed by atoms with E-state index in [0.29, 0.717) is 5.69 Å². The molecule has 0 atom stereocenters. The number of aryl methyl sites for hydroxylation is 1. The van der Waals surface area contributed by atoms with Gasteiger partial charge in [-0.05, 0) is 6.92 Å². The maximum absolute atomic E-state index is 11.0. The van der Waals surface area contributed by atoms with Gasteiger partial charge in [0.15, 0.2) is 5.65 Å². The third-order valence-corrected chi connectivity index (χ3v) is 2.18. The Morgan fingerprint density at radius 2 is 2.12 bits per heavy atom. The van der Waals surface area contributed by atoms with Gasteiger partial charge in [0.05, 0.1) is 17.5 Å². The monoisotopic (exact) mass is 220 g/mol. The molecule has 2 rings (SSSR count). The van der Waals surface area contributed by atoms with E-state index in [1.165, 1.54) is 16.9 Å². The Bertz CT molecular complexity index is 602. The summed E-state index contributed by atoms with van der Waals surface area (Å²) in [6.45, 7) is 1.54. The van der Waals surface area contributed by atoms with Gasteiger partial charge >= 0.3 is 5.97 Å². The van der Waals surface area contributed by atoms with Crippen LogP contribution in [0.3, 0.4) is 0 Å². The molecule has 0 aliphatic carbocycles. The van der Waals surface area contributed by atoms with Crippen LogP contribution in [0.2, 0.25) is 0 Å². The number of primary amides is 1. The fourth-order valence-electron chi connectivity index (χ4n) is 1.38. The van der Waals surface area contributed by atoms with Crippen LogP contribution in [0.5, 0.6) is 0 Å². The van der Waals surface area contributed by atoms with Crippen LogP contribution in [0.25, 0.3) is 5.65 Å². The SMILES string of the molecule is Cc1nc2c(C(N)=O)cnn2cc1C(=O)O. The van der Waals surface area contributed by atoms with Crippen molar-refractivity contribution in [2.45, 2.75) is 6.92 Å². The Balaban J connectivity index is 2.76. The number of aromatic nitrogens is 3. The molecular formula is C9H8N4O3. The van der Waals surface area contributed by atoms with Gasteiger partial charge in [-0.15, -0.1) is 0 Å². The summed E-state index contributed by atoms with van der Waals surface area (Å²) in [5, 5.41) is 12.7. The first kappa shape index (κ1) is 10.1. The summed E-state index contributed by atoms with van der Waals surface area (Å²) in [5.41, 5.74) is 5.89. The lowest BCUT2D eigenvalue weighted by molar-refractivity contribution is 0.0694. The van der Waals surface area contributed by atoms with Crippen molar-refractivity contribution in [3.63, 3.8) is 0 Å². The summed E-state index contributed by atoms with van der Waals surface area (Å²) in [4.78, 5) is 25.8. The molecule has 0 aromatic carbocycles. The standard InChI is InChI=1S/C9H8N4O3/c1-4-6(9(15)16)3-13-8(12-4)5(2-11-13)7(10)14/h2-3H,1H3,(H2,10,14)(H,15,16). The van der Waals surface area contributed by atoms with Crippen molar-refractivity contribution in [3.8, 4) is 0 Å². The van der Waals surface area contributed by atoms with Gasteiger partial charge in [0.2, 0.25) is 0 Å². The highest BCUT2D eigenvalue weighted by molar-refractivity contribution is 5.98. The number of hydrogen-bond acceptors (Lipinski definition) is 4. The van der Waals surface area contributed by atoms with E-state index >= 15 is 0 Å². The number of hydrogen-bond donors (Lipinski definition) is 2. The molecule has 0 bridgehead atoms. The van der Waals surface area contributed by atoms with Crippen molar-refractivity contribution in [1.82, 2.24) is 14.6 Å². The third-order valence-electron chi connectivity index (χ3n) is 2.18. The molecular weight excluding hydrogens is 212 g/mol. The van der Waals surface area contributed by atoms with Crippen LogP contribution in [0.4, 0.5) is 0 Å². The molecule has 2 aromatic heterocycles. The molecule has 7 heteroatoms. The number of carbonyl (C=O) groups excluding carboxylic acids is 1. The van der Waals surface area contributed by atoms with Crippen molar-refractivity contribution in [2.75, 3.05) is 0 Å². The number of carbonyl (C=O) groups is 2. The summed E-state index contributed by atoms with van der Waals surface area (Å²) in [6, 6.07) is 0. The van der Waals surface area contributed by atoms with E-state index in [1.807, 2.05) is 0 Å². The van der Waals surface area contributed by atoms with Crippen LogP contribution < -0.4 is 5.73 Å². The van der Waals surface area contributed by atoms with Gasteiger partial charge in [-0.2, -0.15) is 5.10 Å². The van der Waals surface area contributed by atoms with Crippen molar-refractivity contribution in [1.29, 1.82) is 0 Å². The molecule has 0 aliphatic heterocycles. The summed E-state index contributed by atoms with van der Waals surface area (Å²) in [6.07, 6.45) is 2.56. The molecule has 0 unspecified atom stereocenters. The van der Waals surface area contributed by atoms with Crippen LogP contribution in [-0.2, 0) is 0 Å². The Morgan fingerprint density at radius 1 is 1.44 bits per heavy atom. The van der Waals surface area contributed by atoms with Crippen LogP contribution in [0, 0.1) is 6.92 Å². The van der Waals surface area contributed by atoms with E-state index in [2.05, 4.69) is 10.1 Å². The van der Waals surface area contributed by atoms with Crippen LogP contribution >= 0.6 is 0 Å². The molecule has 0 spiro atoms. The van der Waals surface area contributed by atoms with E-state index in [-0.39, 0.29) is 16.8 Å². The summed E-state index contributed by atoms with van der Waals surface area (Å²) in [7, 11) is 0. The smallest absolute Gasteiger partial charge is 0.339 e. The fraction of sp³-hybridized carbons (Fsp3) is 0.111. The van der Waals surface area contributed by atoms with E-state index < -0.39 is 11.9 Å². The first-order valence-corrected chi connectivity index (χ1v) is 4.39. The lowest BCUT2D eigenvalue weighted by atomic mass is 10.2. The van der Waals surface area contributed by atoms with Crippen molar-refractivity contribution in [2.24, 2.45) is 5.73 Å². The van der Waals surface area contributed by atoms with Gasteiger partial charge in [0.25, 0.3) is 5.91 Å². The molecule has 0 fully saturated rings. The van der Waals surface area contributed by atoms with Crippen LogP contribution in [-0.4, -0.2) is 31.6 Å². The zero-order valence-corrected chi connectivity index (χ0v) is 8.34. The molecule has 3 N–H and O–H groups in total. The lowest BCUT2D eigenvalue weighted by Crippen LogP contribution is -2.12. The molecule has 2 aromatic rings. The number of rotatable bonds is 2.